The van der Waals surface area contributed by atoms with Crippen LogP contribution in [0.5, 0.6) is 11.5 Å². The van der Waals surface area contributed by atoms with Crippen molar-refractivity contribution in [3.8, 4) is 11.5 Å². The molecule has 1 atom stereocenters. The normalized spacial score (nSPS) is 21.0. The highest BCUT2D eigenvalue weighted by Gasteiger charge is 2.52. The molecular formula is C22H17O8P. The molecular weight excluding hydrogens is 423 g/mol. The molecule has 3 aliphatic rings. The minimum atomic E-state index is -4.72. The van der Waals surface area contributed by atoms with Crippen LogP contribution in [0.3, 0.4) is 0 Å². The van der Waals surface area contributed by atoms with Crippen molar-refractivity contribution < 1.29 is 38.3 Å². The molecule has 1 aliphatic carbocycles. The molecule has 0 fully saturated rings. The highest BCUT2D eigenvalue weighted by molar-refractivity contribution is 7.46. The van der Waals surface area contributed by atoms with E-state index >= 15 is 0 Å². The van der Waals surface area contributed by atoms with Gasteiger partial charge in [-0.2, -0.15) is 0 Å². The highest BCUT2D eigenvalue weighted by atomic mass is 31.2. The lowest BCUT2D eigenvalue weighted by molar-refractivity contribution is -0.132. The van der Waals surface area contributed by atoms with Gasteiger partial charge in [-0.05, 0) is 35.8 Å². The zero-order chi connectivity index (χ0) is 21.8. The van der Waals surface area contributed by atoms with Crippen LogP contribution in [0.25, 0.3) is 0 Å². The van der Waals surface area contributed by atoms with Gasteiger partial charge >= 0.3 is 13.8 Å². The van der Waals surface area contributed by atoms with Gasteiger partial charge in [0.05, 0.1) is 24.0 Å². The first-order chi connectivity index (χ1) is 14.8. The number of phosphoric ester groups is 1. The second-order valence-electron chi connectivity index (χ2n) is 7.32. The molecule has 2 aromatic carbocycles. The van der Waals surface area contributed by atoms with Crippen LogP contribution in [0, 0.1) is 0 Å². The molecule has 0 saturated heterocycles. The number of para-hydroxylation sites is 1. The van der Waals surface area contributed by atoms with Gasteiger partial charge in [0.1, 0.15) is 11.5 Å². The summed E-state index contributed by atoms with van der Waals surface area (Å²) in [5.41, 5.74) is 2.01. The summed E-state index contributed by atoms with van der Waals surface area (Å²) in [5.74, 6) is -0.0650. The maximum atomic E-state index is 11.7. The molecule has 5 rings (SSSR count). The van der Waals surface area contributed by atoms with Gasteiger partial charge in [-0.3, -0.25) is 4.52 Å². The van der Waals surface area contributed by atoms with Crippen LogP contribution in [0.15, 0.2) is 77.6 Å². The van der Waals surface area contributed by atoms with Gasteiger partial charge in [-0.1, -0.05) is 36.4 Å². The summed E-state index contributed by atoms with van der Waals surface area (Å²) in [5, 5.41) is 9.56. The number of benzene rings is 2. The Balaban J connectivity index is 1.76. The average Bonchev–Trinajstić information content (AvgIpc) is 3.11. The summed E-state index contributed by atoms with van der Waals surface area (Å²) in [6.07, 6.45) is 5.19. The zero-order valence-electron chi connectivity index (χ0n) is 16.0. The second-order valence-corrected chi connectivity index (χ2v) is 8.56. The van der Waals surface area contributed by atoms with Crippen LogP contribution < -0.4 is 4.74 Å². The van der Waals surface area contributed by atoms with E-state index in [0.29, 0.717) is 40.2 Å². The first kappa shape index (κ1) is 19.8. The minimum Gasteiger partial charge on any atom is -0.480 e. The Morgan fingerprint density at radius 2 is 1.90 bits per heavy atom. The molecule has 9 heteroatoms. The van der Waals surface area contributed by atoms with Crippen molar-refractivity contribution >= 4 is 13.8 Å². The summed E-state index contributed by atoms with van der Waals surface area (Å²) in [6, 6.07) is 12.4. The standard InChI is InChI=1S/C22H17O8P/c23-21(24)13-8-9-14-11-28-22(17(14)10-13)16-5-1-2-6-18(16)30-19-7-3-4-15(20(19)22)12-29-31(25,26)27/h1-8,10-11H,9,12H2,(H,23,24)(H2,25,26,27). The molecule has 0 saturated carbocycles. The van der Waals surface area contributed by atoms with E-state index in [0.717, 1.165) is 5.57 Å². The molecule has 3 N–H and O–H groups in total. The molecule has 1 unspecified atom stereocenters. The number of carboxylic acids is 1. The molecule has 31 heavy (non-hydrogen) atoms. The first-order valence-electron chi connectivity index (χ1n) is 9.42. The Labute approximate surface area is 176 Å². The smallest absolute Gasteiger partial charge is 0.469 e. The molecule has 0 aromatic heterocycles. The predicted octanol–water partition coefficient (Wildman–Crippen LogP) is 3.90. The van der Waals surface area contributed by atoms with Gasteiger partial charge in [0.25, 0.3) is 0 Å². The minimum absolute atomic E-state index is 0.145. The van der Waals surface area contributed by atoms with E-state index in [2.05, 4.69) is 0 Å². The molecule has 2 aromatic rings. The number of aliphatic carboxylic acids is 1. The number of fused-ring (bicyclic) bond motifs is 6. The number of hydrogen-bond donors (Lipinski definition) is 3. The van der Waals surface area contributed by atoms with Gasteiger partial charge in [0, 0.05) is 11.1 Å². The maximum absolute atomic E-state index is 11.7. The highest BCUT2D eigenvalue weighted by Crippen LogP contribution is 2.59. The lowest BCUT2D eigenvalue weighted by Gasteiger charge is -2.39. The number of ether oxygens (including phenoxy) is 2. The monoisotopic (exact) mass is 440 g/mol. The Hall–Kier alpha value is -3.16. The molecule has 1 spiro atoms. The number of allylic oxidation sites excluding steroid dienone is 1. The van der Waals surface area contributed by atoms with Crippen molar-refractivity contribution in [1.29, 1.82) is 0 Å². The Kier molecular flexibility index (Phi) is 4.42. The van der Waals surface area contributed by atoms with E-state index in [4.69, 9.17) is 14.0 Å². The van der Waals surface area contributed by atoms with Crippen molar-refractivity contribution in [2.75, 3.05) is 0 Å². The summed E-state index contributed by atoms with van der Waals surface area (Å²) in [4.78, 5) is 30.1. The van der Waals surface area contributed by atoms with Gasteiger partial charge in [-0.15, -0.1) is 0 Å². The predicted molar refractivity (Wildman–Crippen MR) is 108 cm³/mol. The van der Waals surface area contributed by atoms with Crippen LogP contribution in [0.2, 0.25) is 0 Å². The molecule has 2 aliphatic heterocycles. The largest absolute Gasteiger partial charge is 0.480 e. The SMILES string of the molecule is O=C(O)C1=CCC2=COC3(C2=C1)c1ccccc1Oc1cccc(COP(=O)(O)O)c13. The summed E-state index contributed by atoms with van der Waals surface area (Å²) < 4.78 is 28.5. The van der Waals surface area contributed by atoms with Crippen LogP contribution in [-0.2, 0) is 30.8 Å². The topological polar surface area (TPSA) is 123 Å². The van der Waals surface area contributed by atoms with E-state index in [1.807, 2.05) is 18.2 Å². The fourth-order valence-corrected chi connectivity index (χ4v) is 4.59. The van der Waals surface area contributed by atoms with Crippen molar-refractivity contribution in [1.82, 2.24) is 0 Å². The molecule has 2 heterocycles. The number of rotatable bonds is 4. The summed E-state index contributed by atoms with van der Waals surface area (Å²) in [6.45, 7) is -0.381. The van der Waals surface area contributed by atoms with E-state index in [-0.39, 0.29) is 12.2 Å². The van der Waals surface area contributed by atoms with Crippen LogP contribution in [0.4, 0.5) is 0 Å². The third-order valence-corrected chi connectivity index (χ3v) is 6.00. The van der Waals surface area contributed by atoms with Crippen LogP contribution in [-0.4, -0.2) is 20.9 Å². The van der Waals surface area contributed by atoms with Crippen molar-refractivity contribution in [2.45, 2.75) is 18.6 Å². The first-order valence-corrected chi connectivity index (χ1v) is 11.0. The Morgan fingerprint density at radius 3 is 2.68 bits per heavy atom. The van der Waals surface area contributed by atoms with Gasteiger partial charge in [0.15, 0.2) is 5.60 Å². The maximum Gasteiger partial charge on any atom is 0.469 e. The lowest BCUT2D eigenvalue weighted by Crippen LogP contribution is -2.35. The van der Waals surface area contributed by atoms with Crippen molar-refractivity contribution in [3.63, 3.8) is 0 Å². The molecule has 8 nitrogen and oxygen atoms in total. The Bertz CT molecular complexity index is 1250. The van der Waals surface area contributed by atoms with E-state index in [1.54, 1.807) is 42.7 Å². The zero-order valence-corrected chi connectivity index (χ0v) is 16.9. The fourth-order valence-electron chi connectivity index (χ4n) is 4.29. The second kappa shape index (κ2) is 6.93. The fraction of sp³-hybridized carbons (Fsp3) is 0.136. The van der Waals surface area contributed by atoms with E-state index in [9.17, 15) is 24.3 Å². The number of hydrogen-bond acceptors (Lipinski definition) is 5. The Morgan fingerprint density at radius 1 is 1.13 bits per heavy atom. The van der Waals surface area contributed by atoms with E-state index < -0.39 is 19.4 Å². The quantitative estimate of drug-likeness (QED) is 0.612. The van der Waals surface area contributed by atoms with Crippen molar-refractivity contribution in [2.24, 2.45) is 0 Å². The van der Waals surface area contributed by atoms with Crippen LogP contribution >= 0.6 is 7.82 Å². The molecule has 0 bridgehead atoms. The van der Waals surface area contributed by atoms with Gasteiger partial charge in [-0.25, -0.2) is 9.36 Å². The average molecular weight is 440 g/mol. The summed E-state index contributed by atoms with van der Waals surface area (Å²) in [7, 11) is -4.72. The summed E-state index contributed by atoms with van der Waals surface area (Å²) >= 11 is 0. The number of carboxylic acid groups (broad SMARTS) is 1. The third kappa shape index (κ3) is 3.12. The van der Waals surface area contributed by atoms with Crippen molar-refractivity contribution in [3.05, 3.63) is 94.3 Å². The lowest BCUT2D eigenvalue weighted by atomic mass is 9.72. The number of carbonyl (C=O) groups is 1. The third-order valence-electron chi connectivity index (χ3n) is 5.53. The molecule has 158 valence electrons. The van der Waals surface area contributed by atoms with Gasteiger partial charge < -0.3 is 24.4 Å². The number of phosphoric acid groups is 1. The molecule has 0 radical (unpaired) electrons. The van der Waals surface area contributed by atoms with E-state index in [1.165, 1.54) is 0 Å². The van der Waals surface area contributed by atoms with Crippen LogP contribution in [0.1, 0.15) is 23.1 Å². The van der Waals surface area contributed by atoms with Gasteiger partial charge in [0.2, 0.25) is 0 Å². The molecule has 0 amide bonds.